The van der Waals surface area contributed by atoms with Crippen molar-refractivity contribution in [3.63, 3.8) is 0 Å². The van der Waals surface area contributed by atoms with Gasteiger partial charge in [-0.15, -0.1) is 0 Å². The normalized spacial score (nSPS) is 11.8. The van der Waals surface area contributed by atoms with Crippen molar-refractivity contribution in [2.45, 2.75) is 20.0 Å². The molecule has 2 rings (SSSR count). The van der Waals surface area contributed by atoms with Crippen molar-refractivity contribution in [3.05, 3.63) is 66.0 Å². The SMILES string of the molecule is CCOc1ccc(/C=C/C(=O)O[C@@H](C)C(=O)Nc2ccc(F)cc2)cc1. The minimum absolute atomic E-state index is 0.401. The molecule has 6 heteroatoms. The molecule has 136 valence electrons. The summed E-state index contributed by atoms with van der Waals surface area (Å²) >= 11 is 0. The van der Waals surface area contributed by atoms with Gasteiger partial charge in [-0.25, -0.2) is 9.18 Å². The summed E-state index contributed by atoms with van der Waals surface area (Å²) in [6.45, 7) is 3.94. The number of amides is 1. The maximum atomic E-state index is 12.8. The zero-order valence-electron chi connectivity index (χ0n) is 14.6. The van der Waals surface area contributed by atoms with Crippen LogP contribution in [0.1, 0.15) is 19.4 Å². The zero-order valence-corrected chi connectivity index (χ0v) is 14.6. The molecule has 26 heavy (non-hydrogen) atoms. The van der Waals surface area contributed by atoms with E-state index in [-0.39, 0.29) is 0 Å². The lowest BCUT2D eigenvalue weighted by Gasteiger charge is -2.12. The first-order valence-electron chi connectivity index (χ1n) is 8.16. The van der Waals surface area contributed by atoms with Crippen molar-refractivity contribution in [3.8, 4) is 5.75 Å². The van der Waals surface area contributed by atoms with Crippen LogP contribution in [0.25, 0.3) is 6.08 Å². The molecule has 0 fully saturated rings. The monoisotopic (exact) mass is 357 g/mol. The summed E-state index contributed by atoms with van der Waals surface area (Å²) in [7, 11) is 0. The first kappa shape index (κ1) is 19.2. The molecular formula is C20H20FNO4. The van der Waals surface area contributed by atoms with Gasteiger partial charge in [-0.3, -0.25) is 4.79 Å². The van der Waals surface area contributed by atoms with E-state index in [0.717, 1.165) is 11.3 Å². The molecule has 2 aromatic carbocycles. The Morgan fingerprint density at radius 3 is 2.38 bits per heavy atom. The molecule has 0 spiro atoms. The molecule has 0 unspecified atom stereocenters. The molecule has 2 aromatic rings. The van der Waals surface area contributed by atoms with Gasteiger partial charge in [0.25, 0.3) is 5.91 Å². The largest absolute Gasteiger partial charge is 0.494 e. The molecule has 1 N–H and O–H groups in total. The minimum Gasteiger partial charge on any atom is -0.494 e. The number of carbonyl (C=O) groups excluding carboxylic acids is 2. The molecular weight excluding hydrogens is 337 g/mol. The summed E-state index contributed by atoms with van der Waals surface area (Å²) in [4.78, 5) is 23.8. The van der Waals surface area contributed by atoms with Crippen LogP contribution in [0.3, 0.4) is 0 Å². The Labute approximate surface area is 151 Å². The number of rotatable bonds is 7. The van der Waals surface area contributed by atoms with Crippen molar-refractivity contribution >= 4 is 23.6 Å². The van der Waals surface area contributed by atoms with Crippen LogP contribution in [0.5, 0.6) is 5.75 Å². The summed E-state index contributed by atoms with van der Waals surface area (Å²) in [5.41, 5.74) is 1.22. The highest BCUT2D eigenvalue weighted by Crippen LogP contribution is 2.13. The van der Waals surface area contributed by atoms with E-state index < -0.39 is 23.8 Å². The van der Waals surface area contributed by atoms with Gasteiger partial charge in [0.05, 0.1) is 6.61 Å². The summed E-state index contributed by atoms with van der Waals surface area (Å²) in [5, 5.41) is 2.55. The second kappa shape index (κ2) is 9.36. The number of hydrogen-bond donors (Lipinski definition) is 1. The third kappa shape index (κ3) is 6.05. The highest BCUT2D eigenvalue weighted by molar-refractivity contribution is 5.96. The molecule has 0 aliphatic carbocycles. The summed E-state index contributed by atoms with van der Waals surface area (Å²) in [5.74, 6) is -0.791. The third-order valence-corrected chi connectivity index (χ3v) is 3.38. The molecule has 1 amide bonds. The van der Waals surface area contributed by atoms with Gasteiger partial charge in [0.1, 0.15) is 11.6 Å². The summed E-state index contributed by atoms with van der Waals surface area (Å²) in [6.07, 6.45) is 1.84. The van der Waals surface area contributed by atoms with Crippen molar-refractivity contribution in [1.29, 1.82) is 0 Å². The Morgan fingerprint density at radius 1 is 1.12 bits per heavy atom. The van der Waals surface area contributed by atoms with Crippen molar-refractivity contribution in [1.82, 2.24) is 0 Å². The van der Waals surface area contributed by atoms with Gasteiger partial charge in [0.2, 0.25) is 0 Å². The van der Waals surface area contributed by atoms with Crippen LogP contribution in [-0.4, -0.2) is 24.6 Å². The van der Waals surface area contributed by atoms with E-state index in [1.54, 1.807) is 30.3 Å². The Hall–Kier alpha value is -3.15. The maximum absolute atomic E-state index is 12.8. The Bertz CT molecular complexity index is 769. The molecule has 0 radical (unpaired) electrons. The van der Waals surface area contributed by atoms with E-state index in [2.05, 4.69) is 5.32 Å². The standard InChI is InChI=1S/C20H20FNO4/c1-3-25-18-11-4-15(5-12-18)6-13-19(23)26-14(2)20(24)22-17-9-7-16(21)8-10-17/h4-14H,3H2,1-2H3,(H,22,24)/b13-6+/t14-/m0/s1. The predicted octanol–water partition coefficient (Wildman–Crippen LogP) is 3.81. The molecule has 5 nitrogen and oxygen atoms in total. The van der Waals surface area contributed by atoms with E-state index in [9.17, 15) is 14.0 Å². The number of ether oxygens (including phenoxy) is 2. The van der Waals surface area contributed by atoms with Gasteiger partial charge >= 0.3 is 5.97 Å². The fourth-order valence-corrected chi connectivity index (χ4v) is 2.05. The topological polar surface area (TPSA) is 64.6 Å². The molecule has 1 atom stereocenters. The highest BCUT2D eigenvalue weighted by atomic mass is 19.1. The van der Waals surface area contributed by atoms with Crippen LogP contribution in [0.2, 0.25) is 0 Å². The van der Waals surface area contributed by atoms with Crippen LogP contribution in [0.4, 0.5) is 10.1 Å². The Kier molecular flexibility index (Phi) is 6.91. The maximum Gasteiger partial charge on any atom is 0.331 e. The fourth-order valence-electron chi connectivity index (χ4n) is 2.05. The van der Waals surface area contributed by atoms with E-state index in [4.69, 9.17) is 9.47 Å². The number of carbonyl (C=O) groups is 2. The van der Waals surface area contributed by atoms with E-state index in [1.807, 2.05) is 6.92 Å². The molecule has 0 saturated heterocycles. The van der Waals surface area contributed by atoms with Gasteiger partial charge in [-0.2, -0.15) is 0 Å². The average molecular weight is 357 g/mol. The van der Waals surface area contributed by atoms with Gasteiger partial charge in [0.15, 0.2) is 6.10 Å². The van der Waals surface area contributed by atoms with Gasteiger partial charge in [-0.05, 0) is 61.9 Å². The minimum atomic E-state index is -0.988. The predicted molar refractivity (Wildman–Crippen MR) is 97.2 cm³/mol. The molecule has 0 heterocycles. The number of esters is 1. The molecule has 0 bridgehead atoms. The molecule has 0 aliphatic heterocycles. The number of nitrogens with one attached hydrogen (secondary N) is 1. The van der Waals surface area contributed by atoms with Crippen LogP contribution in [0.15, 0.2) is 54.6 Å². The lowest BCUT2D eigenvalue weighted by atomic mass is 10.2. The highest BCUT2D eigenvalue weighted by Gasteiger charge is 2.16. The number of hydrogen-bond acceptors (Lipinski definition) is 4. The van der Waals surface area contributed by atoms with Crippen LogP contribution < -0.4 is 10.1 Å². The first-order valence-corrected chi connectivity index (χ1v) is 8.16. The number of benzene rings is 2. The van der Waals surface area contributed by atoms with Gasteiger partial charge in [0, 0.05) is 11.8 Å². The summed E-state index contributed by atoms with van der Waals surface area (Å²) < 4.78 is 23.2. The molecule has 0 saturated carbocycles. The van der Waals surface area contributed by atoms with Crippen LogP contribution >= 0.6 is 0 Å². The quantitative estimate of drug-likeness (QED) is 0.605. The Balaban J connectivity index is 1.85. The fraction of sp³-hybridized carbons (Fsp3) is 0.200. The van der Waals surface area contributed by atoms with Crippen molar-refractivity contribution in [2.24, 2.45) is 0 Å². The second-order valence-corrected chi connectivity index (χ2v) is 5.41. The zero-order chi connectivity index (χ0) is 18.9. The molecule has 0 aromatic heterocycles. The second-order valence-electron chi connectivity index (χ2n) is 5.41. The van der Waals surface area contributed by atoms with Crippen molar-refractivity contribution in [2.75, 3.05) is 11.9 Å². The Morgan fingerprint density at radius 2 is 1.77 bits per heavy atom. The molecule has 0 aliphatic rings. The van der Waals surface area contributed by atoms with Gasteiger partial charge < -0.3 is 14.8 Å². The summed E-state index contributed by atoms with van der Waals surface area (Å²) in [6, 6.07) is 12.5. The smallest absolute Gasteiger partial charge is 0.331 e. The number of halogens is 1. The van der Waals surface area contributed by atoms with E-state index in [1.165, 1.54) is 37.3 Å². The van der Waals surface area contributed by atoms with Gasteiger partial charge in [-0.1, -0.05) is 12.1 Å². The van der Waals surface area contributed by atoms with E-state index >= 15 is 0 Å². The number of anilines is 1. The average Bonchev–Trinajstić information content (AvgIpc) is 2.63. The third-order valence-electron chi connectivity index (χ3n) is 3.38. The van der Waals surface area contributed by atoms with E-state index in [0.29, 0.717) is 12.3 Å². The van der Waals surface area contributed by atoms with Crippen molar-refractivity contribution < 1.29 is 23.5 Å². The first-order chi connectivity index (χ1) is 12.5. The lowest BCUT2D eigenvalue weighted by Crippen LogP contribution is -2.29. The van der Waals surface area contributed by atoms with Crippen LogP contribution in [0, 0.1) is 5.82 Å². The lowest BCUT2D eigenvalue weighted by molar-refractivity contribution is -0.148. The van der Waals surface area contributed by atoms with Crippen LogP contribution in [-0.2, 0) is 14.3 Å².